The number of nitrogens with zero attached hydrogens (tertiary/aromatic N) is 1. The van der Waals surface area contributed by atoms with E-state index >= 15 is 0 Å². The normalized spacial score (nSPS) is 18.7. The van der Waals surface area contributed by atoms with Crippen LogP contribution in [0.25, 0.3) is 10.9 Å². The number of aromatic amines is 1. The minimum Gasteiger partial charge on any atom is -0.361 e. The molecule has 0 radical (unpaired) electrons. The number of hydrogen-bond donors (Lipinski definition) is 3. The van der Waals surface area contributed by atoms with E-state index in [0.717, 1.165) is 37.9 Å². The van der Waals surface area contributed by atoms with Gasteiger partial charge >= 0.3 is 0 Å². The summed E-state index contributed by atoms with van der Waals surface area (Å²) in [5.41, 5.74) is 3.15. The molecule has 0 atom stereocenters. The molecule has 0 unspecified atom stereocenters. The maximum absolute atomic E-state index is 4.88. The zero-order valence-corrected chi connectivity index (χ0v) is 17.3. The quantitative estimate of drug-likeness (QED) is 0.337. The van der Waals surface area contributed by atoms with Crippen LogP contribution in [0.1, 0.15) is 38.2 Å². The van der Waals surface area contributed by atoms with Gasteiger partial charge in [0.05, 0.1) is 0 Å². The molecule has 3 N–H and O–H groups in total. The molecule has 0 saturated heterocycles. The van der Waals surface area contributed by atoms with E-state index in [4.69, 9.17) is 4.99 Å². The zero-order valence-electron chi connectivity index (χ0n) is 15.0. The first-order valence-electron chi connectivity index (χ1n) is 9.38. The standard InChI is InChI=1S/C20H28N4.HI/c1-2-21-19(24-14-20(10-11-20)16-7-8-16)22-12-9-15-13-23-18-6-4-3-5-17(15)18;/h3-6,13,16,23H,2,7-12,14H2,1H3,(H2,21,22,24);1H. The number of H-pyrrole nitrogens is 1. The molecular formula is C20H29IN4. The van der Waals surface area contributed by atoms with Crippen molar-refractivity contribution in [1.82, 2.24) is 15.6 Å². The van der Waals surface area contributed by atoms with Crippen molar-refractivity contribution in [2.45, 2.75) is 39.0 Å². The molecule has 0 aliphatic heterocycles. The van der Waals surface area contributed by atoms with E-state index in [0.29, 0.717) is 5.41 Å². The molecule has 136 valence electrons. The molecule has 5 heteroatoms. The van der Waals surface area contributed by atoms with E-state index in [1.807, 2.05) is 0 Å². The first-order chi connectivity index (χ1) is 11.8. The largest absolute Gasteiger partial charge is 0.361 e. The van der Waals surface area contributed by atoms with Gasteiger partial charge in [-0.25, -0.2) is 0 Å². The van der Waals surface area contributed by atoms with Crippen LogP contribution in [-0.2, 0) is 6.42 Å². The highest BCUT2D eigenvalue weighted by Crippen LogP contribution is 2.61. The summed E-state index contributed by atoms with van der Waals surface area (Å²) in [7, 11) is 0. The van der Waals surface area contributed by atoms with E-state index in [9.17, 15) is 0 Å². The highest BCUT2D eigenvalue weighted by Gasteiger charge is 2.53. The second kappa shape index (κ2) is 7.98. The average Bonchev–Trinajstić information content (AvgIpc) is 3.50. The van der Waals surface area contributed by atoms with E-state index in [-0.39, 0.29) is 24.0 Å². The molecule has 25 heavy (non-hydrogen) atoms. The second-order valence-electron chi connectivity index (χ2n) is 7.37. The zero-order chi connectivity index (χ0) is 16.4. The first kappa shape index (κ1) is 18.5. The van der Waals surface area contributed by atoms with Crippen molar-refractivity contribution < 1.29 is 0 Å². The summed E-state index contributed by atoms with van der Waals surface area (Å²) in [5.74, 6) is 1.94. The van der Waals surface area contributed by atoms with Crippen molar-refractivity contribution in [3.8, 4) is 0 Å². The van der Waals surface area contributed by atoms with Gasteiger partial charge in [-0.15, -0.1) is 24.0 Å². The molecule has 2 saturated carbocycles. The average molecular weight is 452 g/mol. The van der Waals surface area contributed by atoms with Gasteiger partial charge in [0.15, 0.2) is 5.96 Å². The highest BCUT2D eigenvalue weighted by molar-refractivity contribution is 14.0. The Kier molecular flexibility index (Phi) is 5.92. The third-order valence-corrected chi connectivity index (χ3v) is 5.59. The molecule has 2 aromatic rings. The number of halogens is 1. The number of rotatable bonds is 7. The lowest BCUT2D eigenvalue weighted by atomic mass is 10.0. The number of fused-ring (bicyclic) bond motifs is 1. The van der Waals surface area contributed by atoms with E-state index in [1.54, 1.807) is 0 Å². The summed E-state index contributed by atoms with van der Waals surface area (Å²) in [6, 6.07) is 8.49. The number of aliphatic imine (C=N–C) groups is 1. The van der Waals surface area contributed by atoms with Crippen LogP contribution in [0, 0.1) is 11.3 Å². The van der Waals surface area contributed by atoms with Crippen molar-refractivity contribution in [2.24, 2.45) is 16.3 Å². The molecule has 1 aromatic carbocycles. The Labute approximate surface area is 167 Å². The molecule has 0 amide bonds. The summed E-state index contributed by atoms with van der Waals surface area (Å²) < 4.78 is 0. The van der Waals surface area contributed by atoms with E-state index in [1.165, 1.54) is 42.1 Å². The fourth-order valence-electron chi connectivity index (χ4n) is 3.78. The van der Waals surface area contributed by atoms with Gasteiger partial charge in [-0.3, -0.25) is 4.99 Å². The van der Waals surface area contributed by atoms with Gasteiger partial charge in [-0.05, 0) is 62.0 Å². The topological polar surface area (TPSA) is 52.2 Å². The van der Waals surface area contributed by atoms with Crippen LogP contribution in [0.2, 0.25) is 0 Å². The molecule has 4 rings (SSSR count). The molecule has 2 aliphatic rings. The van der Waals surface area contributed by atoms with Crippen LogP contribution in [-0.4, -0.2) is 30.6 Å². The summed E-state index contributed by atoms with van der Waals surface area (Å²) in [4.78, 5) is 8.23. The molecule has 4 nitrogen and oxygen atoms in total. The Hall–Kier alpha value is -1.24. The SMILES string of the molecule is CCNC(=NCC1(C2CC2)CC1)NCCc1c[nH]c2ccccc12.I. The fraction of sp³-hybridized carbons (Fsp3) is 0.550. The van der Waals surface area contributed by atoms with Crippen LogP contribution in [0.5, 0.6) is 0 Å². The summed E-state index contributed by atoms with van der Waals surface area (Å²) >= 11 is 0. The van der Waals surface area contributed by atoms with Crippen molar-refractivity contribution >= 4 is 40.8 Å². The van der Waals surface area contributed by atoms with E-state index in [2.05, 4.69) is 53.0 Å². The number of guanidine groups is 1. The molecule has 1 aromatic heterocycles. The Morgan fingerprint density at radius 3 is 2.76 bits per heavy atom. The van der Waals surface area contributed by atoms with Crippen molar-refractivity contribution in [3.63, 3.8) is 0 Å². The lowest BCUT2D eigenvalue weighted by Gasteiger charge is -2.14. The Balaban J connectivity index is 0.00000182. The number of nitrogens with one attached hydrogen (secondary N) is 3. The second-order valence-corrected chi connectivity index (χ2v) is 7.37. The minimum absolute atomic E-state index is 0. The van der Waals surface area contributed by atoms with E-state index < -0.39 is 0 Å². The van der Waals surface area contributed by atoms with Crippen LogP contribution < -0.4 is 10.6 Å². The molecular weight excluding hydrogens is 423 g/mol. The van der Waals surface area contributed by atoms with Gasteiger partial charge in [0.2, 0.25) is 0 Å². The lowest BCUT2D eigenvalue weighted by Crippen LogP contribution is -2.38. The van der Waals surface area contributed by atoms with Gasteiger partial charge in [-0.1, -0.05) is 18.2 Å². The number of aromatic nitrogens is 1. The Morgan fingerprint density at radius 1 is 1.24 bits per heavy atom. The molecule has 0 spiro atoms. The molecule has 2 aliphatic carbocycles. The number of hydrogen-bond acceptors (Lipinski definition) is 1. The highest BCUT2D eigenvalue weighted by atomic mass is 127. The molecule has 0 bridgehead atoms. The first-order valence-corrected chi connectivity index (χ1v) is 9.38. The predicted molar refractivity (Wildman–Crippen MR) is 116 cm³/mol. The van der Waals surface area contributed by atoms with Gasteiger partial charge < -0.3 is 15.6 Å². The number of para-hydroxylation sites is 1. The fourth-order valence-corrected chi connectivity index (χ4v) is 3.78. The van der Waals surface area contributed by atoms with Gasteiger partial charge in [-0.2, -0.15) is 0 Å². The summed E-state index contributed by atoms with van der Waals surface area (Å²) in [5, 5.41) is 8.22. The maximum atomic E-state index is 4.88. The lowest BCUT2D eigenvalue weighted by molar-refractivity contribution is 0.452. The van der Waals surface area contributed by atoms with Gasteiger partial charge in [0.1, 0.15) is 0 Å². The molecule has 2 fully saturated rings. The number of benzene rings is 1. The third-order valence-electron chi connectivity index (χ3n) is 5.59. The summed E-state index contributed by atoms with van der Waals surface area (Å²) in [6.45, 7) is 4.95. The third kappa shape index (κ3) is 4.30. The van der Waals surface area contributed by atoms with Crippen molar-refractivity contribution in [3.05, 3.63) is 36.0 Å². The monoisotopic (exact) mass is 452 g/mol. The van der Waals surface area contributed by atoms with Crippen LogP contribution in [0.15, 0.2) is 35.5 Å². The van der Waals surface area contributed by atoms with Crippen LogP contribution in [0.4, 0.5) is 0 Å². The summed E-state index contributed by atoms with van der Waals surface area (Å²) in [6.07, 6.45) is 8.76. The predicted octanol–water partition coefficient (Wildman–Crippen LogP) is 4.07. The van der Waals surface area contributed by atoms with Crippen molar-refractivity contribution in [1.29, 1.82) is 0 Å². The van der Waals surface area contributed by atoms with Crippen LogP contribution >= 0.6 is 24.0 Å². The van der Waals surface area contributed by atoms with Gasteiger partial charge in [0, 0.05) is 36.7 Å². The minimum atomic E-state index is 0. The van der Waals surface area contributed by atoms with Crippen LogP contribution in [0.3, 0.4) is 0 Å². The smallest absolute Gasteiger partial charge is 0.191 e. The Bertz CT molecular complexity index is 728. The maximum Gasteiger partial charge on any atom is 0.191 e. The van der Waals surface area contributed by atoms with Gasteiger partial charge in [0.25, 0.3) is 0 Å². The Morgan fingerprint density at radius 2 is 2.04 bits per heavy atom. The van der Waals surface area contributed by atoms with Crippen molar-refractivity contribution in [2.75, 3.05) is 19.6 Å². The molecule has 1 heterocycles.